The van der Waals surface area contributed by atoms with Crippen LogP contribution in [-0.2, 0) is 9.84 Å². The van der Waals surface area contributed by atoms with Crippen molar-refractivity contribution in [3.63, 3.8) is 0 Å². The molecule has 2 unspecified atom stereocenters. The molecule has 1 aromatic heterocycles. The first kappa shape index (κ1) is 23.6. The van der Waals surface area contributed by atoms with Crippen molar-refractivity contribution in [3.05, 3.63) is 22.4 Å². The standard InChI is InChI=1S/C17H30N4O2S2.HI/c1-4-18-17(19-9-12-25(3,22)23)20-13-14-7-5-10-21(2)16(14)15-8-6-11-24-15;/h6,8,11,14,16H,4-5,7,9-10,12-13H2,1-3H3,(H2,18,19,20);1H. The SMILES string of the molecule is CCNC(=NCC1CCCN(C)C1c1cccs1)NCCS(C)(=O)=O.I. The summed E-state index contributed by atoms with van der Waals surface area (Å²) in [6.45, 7) is 5.00. The third-order valence-corrected chi connectivity index (χ3v) is 6.32. The topological polar surface area (TPSA) is 73.8 Å². The monoisotopic (exact) mass is 514 g/mol. The van der Waals surface area contributed by atoms with Gasteiger partial charge >= 0.3 is 0 Å². The highest BCUT2D eigenvalue weighted by Crippen LogP contribution is 2.37. The van der Waals surface area contributed by atoms with Crippen LogP contribution in [0.1, 0.15) is 30.7 Å². The molecule has 0 aromatic carbocycles. The zero-order chi connectivity index (χ0) is 18.3. The molecule has 2 atom stereocenters. The van der Waals surface area contributed by atoms with Crippen LogP contribution >= 0.6 is 35.3 Å². The van der Waals surface area contributed by atoms with Crippen LogP contribution in [-0.4, -0.2) is 64.5 Å². The summed E-state index contributed by atoms with van der Waals surface area (Å²) in [5.41, 5.74) is 0. The van der Waals surface area contributed by atoms with Crippen LogP contribution in [0.15, 0.2) is 22.5 Å². The Hall–Kier alpha value is -0.390. The summed E-state index contributed by atoms with van der Waals surface area (Å²) in [4.78, 5) is 8.56. The predicted molar refractivity (Wildman–Crippen MR) is 122 cm³/mol. The van der Waals surface area contributed by atoms with E-state index in [1.807, 2.05) is 18.3 Å². The first-order valence-corrected chi connectivity index (χ1v) is 11.8. The van der Waals surface area contributed by atoms with Crippen LogP contribution in [0.3, 0.4) is 0 Å². The predicted octanol–water partition coefficient (Wildman–Crippen LogP) is 2.35. The van der Waals surface area contributed by atoms with E-state index in [4.69, 9.17) is 4.99 Å². The van der Waals surface area contributed by atoms with E-state index < -0.39 is 9.84 Å². The molecule has 1 aromatic rings. The molecule has 1 aliphatic heterocycles. The van der Waals surface area contributed by atoms with Crippen LogP contribution in [0.4, 0.5) is 0 Å². The number of halogens is 1. The number of hydrogen-bond acceptors (Lipinski definition) is 5. The van der Waals surface area contributed by atoms with Gasteiger partial charge in [0.2, 0.25) is 0 Å². The minimum absolute atomic E-state index is 0. The Balaban J connectivity index is 0.00000338. The Bertz CT molecular complexity index is 650. The van der Waals surface area contributed by atoms with Crippen molar-refractivity contribution in [2.24, 2.45) is 10.9 Å². The number of likely N-dealkylation sites (tertiary alicyclic amines) is 1. The fraction of sp³-hybridized carbons (Fsp3) is 0.706. The number of sulfone groups is 1. The molecule has 0 aliphatic carbocycles. The zero-order valence-corrected chi connectivity index (χ0v) is 19.7. The van der Waals surface area contributed by atoms with Gasteiger partial charge in [0.15, 0.2) is 5.96 Å². The van der Waals surface area contributed by atoms with Gasteiger partial charge in [0, 0.05) is 36.8 Å². The van der Waals surface area contributed by atoms with Gasteiger partial charge in [0.25, 0.3) is 0 Å². The smallest absolute Gasteiger partial charge is 0.191 e. The maximum Gasteiger partial charge on any atom is 0.191 e. The Morgan fingerprint density at radius 2 is 2.19 bits per heavy atom. The minimum atomic E-state index is -2.97. The maximum atomic E-state index is 11.3. The summed E-state index contributed by atoms with van der Waals surface area (Å²) in [5, 5.41) is 8.46. The zero-order valence-electron chi connectivity index (χ0n) is 15.8. The van der Waals surface area contributed by atoms with Crippen LogP contribution in [0.25, 0.3) is 0 Å². The highest BCUT2D eigenvalue weighted by Gasteiger charge is 2.31. The van der Waals surface area contributed by atoms with Gasteiger partial charge in [-0.15, -0.1) is 35.3 Å². The molecule has 9 heteroatoms. The molecule has 0 saturated carbocycles. The van der Waals surface area contributed by atoms with E-state index in [1.165, 1.54) is 24.0 Å². The molecule has 2 N–H and O–H groups in total. The van der Waals surface area contributed by atoms with E-state index >= 15 is 0 Å². The summed E-state index contributed by atoms with van der Waals surface area (Å²) >= 11 is 1.81. The number of aliphatic imine (C=N–C) groups is 1. The highest BCUT2D eigenvalue weighted by molar-refractivity contribution is 14.0. The molecule has 2 rings (SSSR count). The average Bonchev–Trinajstić information content (AvgIpc) is 3.05. The second kappa shape index (κ2) is 11.5. The third kappa shape index (κ3) is 7.69. The molecule has 26 heavy (non-hydrogen) atoms. The molecule has 150 valence electrons. The number of guanidine groups is 1. The number of nitrogens with one attached hydrogen (secondary N) is 2. The molecular weight excluding hydrogens is 483 g/mol. The summed E-state index contributed by atoms with van der Waals surface area (Å²) < 4.78 is 22.6. The summed E-state index contributed by atoms with van der Waals surface area (Å²) in [6.07, 6.45) is 3.61. The lowest BCUT2D eigenvalue weighted by molar-refractivity contribution is 0.128. The molecule has 1 saturated heterocycles. The highest BCUT2D eigenvalue weighted by atomic mass is 127. The van der Waals surface area contributed by atoms with Crippen molar-refractivity contribution in [3.8, 4) is 0 Å². The van der Waals surface area contributed by atoms with Gasteiger partial charge in [-0.2, -0.15) is 0 Å². The quantitative estimate of drug-likeness (QED) is 0.332. The van der Waals surface area contributed by atoms with Crippen molar-refractivity contribution in [1.82, 2.24) is 15.5 Å². The molecule has 0 radical (unpaired) electrons. The van der Waals surface area contributed by atoms with Crippen molar-refractivity contribution in [2.75, 3.05) is 45.2 Å². The normalized spacial score (nSPS) is 21.9. The largest absolute Gasteiger partial charge is 0.357 e. The van der Waals surface area contributed by atoms with Crippen LogP contribution in [0.2, 0.25) is 0 Å². The van der Waals surface area contributed by atoms with Crippen molar-refractivity contribution < 1.29 is 8.42 Å². The lowest BCUT2D eigenvalue weighted by Crippen LogP contribution is -2.41. The van der Waals surface area contributed by atoms with Crippen molar-refractivity contribution in [2.45, 2.75) is 25.8 Å². The molecule has 0 amide bonds. The summed E-state index contributed by atoms with van der Waals surface area (Å²) in [6, 6.07) is 4.74. The van der Waals surface area contributed by atoms with Crippen molar-refractivity contribution >= 4 is 51.1 Å². The first-order chi connectivity index (χ1) is 11.9. The lowest BCUT2D eigenvalue weighted by atomic mass is 9.88. The molecular formula is C17H31IN4O2S2. The lowest BCUT2D eigenvalue weighted by Gasteiger charge is -2.38. The van der Waals surface area contributed by atoms with E-state index in [0.29, 0.717) is 24.5 Å². The van der Waals surface area contributed by atoms with Gasteiger partial charge in [-0.3, -0.25) is 9.89 Å². The van der Waals surface area contributed by atoms with Gasteiger partial charge < -0.3 is 10.6 Å². The number of piperidine rings is 1. The maximum absolute atomic E-state index is 11.3. The fourth-order valence-corrected chi connectivity index (χ4v) is 4.72. The fourth-order valence-electron chi connectivity index (χ4n) is 3.27. The van der Waals surface area contributed by atoms with Crippen LogP contribution in [0, 0.1) is 5.92 Å². The van der Waals surface area contributed by atoms with E-state index in [-0.39, 0.29) is 29.7 Å². The first-order valence-electron chi connectivity index (χ1n) is 8.84. The number of nitrogens with zero attached hydrogens (tertiary/aromatic N) is 2. The van der Waals surface area contributed by atoms with E-state index in [9.17, 15) is 8.42 Å². The van der Waals surface area contributed by atoms with Crippen LogP contribution < -0.4 is 10.6 Å². The van der Waals surface area contributed by atoms with E-state index in [1.54, 1.807) is 0 Å². The number of rotatable bonds is 7. The van der Waals surface area contributed by atoms with E-state index in [0.717, 1.165) is 19.6 Å². The molecule has 2 heterocycles. The third-order valence-electron chi connectivity index (χ3n) is 4.44. The molecule has 0 spiro atoms. The van der Waals surface area contributed by atoms with E-state index in [2.05, 4.69) is 40.1 Å². The summed E-state index contributed by atoms with van der Waals surface area (Å²) in [5.74, 6) is 1.29. The Labute approximate surface area is 178 Å². The molecule has 1 aliphatic rings. The van der Waals surface area contributed by atoms with Crippen molar-refractivity contribution in [1.29, 1.82) is 0 Å². The Morgan fingerprint density at radius 3 is 2.81 bits per heavy atom. The van der Waals surface area contributed by atoms with Gasteiger partial charge in [0.1, 0.15) is 9.84 Å². The average molecular weight is 514 g/mol. The minimum Gasteiger partial charge on any atom is -0.357 e. The second-order valence-electron chi connectivity index (χ2n) is 6.62. The Morgan fingerprint density at radius 1 is 1.42 bits per heavy atom. The van der Waals surface area contributed by atoms with Gasteiger partial charge in [-0.05, 0) is 50.7 Å². The van der Waals surface area contributed by atoms with Gasteiger partial charge in [-0.25, -0.2) is 8.42 Å². The Kier molecular flexibility index (Phi) is 10.4. The number of hydrogen-bond donors (Lipinski definition) is 2. The molecule has 1 fully saturated rings. The van der Waals surface area contributed by atoms with Crippen LogP contribution in [0.5, 0.6) is 0 Å². The summed E-state index contributed by atoms with van der Waals surface area (Å²) in [7, 11) is -0.776. The van der Waals surface area contributed by atoms with Gasteiger partial charge in [-0.1, -0.05) is 6.07 Å². The van der Waals surface area contributed by atoms with Gasteiger partial charge in [0.05, 0.1) is 5.75 Å². The molecule has 6 nitrogen and oxygen atoms in total. The second-order valence-corrected chi connectivity index (χ2v) is 9.86. The number of thiophene rings is 1. The molecule has 0 bridgehead atoms.